The second-order valence-electron chi connectivity index (χ2n) is 9.12. The molecule has 1 N–H and O–H groups in total. The van der Waals surface area contributed by atoms with Gasteiger partial charge in [0.05, 0.1) is 18.6 Å². The van der Waals surface area contributed by atoms with Crippen molar-refractivity contribution in [2.75, 3.05) is 0 Å². The highest BCUT2D eigenvalue weighted by Crippen LogP contribution is 2.33. The Labute approximate surface area is 179 Å². The molecule has 0 spiro atoms. The minimum Gasteiger partial charge on any atom is -0.481 e. The van der Waals surface area contributed by atoms with Gasteiger partial charge in [-0.05, 0) is 63.5 Å². The fourth-order valence-electron chi connectivity index (χ4n) is 4.39. The Hall–Kier alpha value is -2.14. The van der Waals surface area contributed by atoms with Crippen molar-refractivity contribution in [1.82, 2.24) is 4.98 Å². The summed E-state index contributed by atoms with van der Waals surface area (Å²) >= 11 is 0. The zero-order valence-electron chi connectivity index (χ0n) is 18.7. The van der Waals surface area contributed by atoms with E-state index >= 15 is 0 Å². The molecule has 30 heavy (non-hydrogen) atoms. The highest BCUT2D eigenvalue weighted by Gasteiger charge is 2.27. The summed E-state index contributed by atoms with van der Waals surface area (Å²) in [5.74, 6) is 1.26. The zero-order chi connectivity index (χ0) is 21.7. The molecule has 5 heteroatoms. The maximum absolute atomic E-state index is 11.4. The van der Waals surface area contributed by atoms with E-state index in [1.54, 1.807) is 0 Å². The molecule has 2 aromatic rings. The van der Waals surface area contributed by atoms with Gasteiger partial charge in [0.25, 0.3) is 0 Å². The number of benzene rings is 1. The molecule has 1 aliphatic rings. The van der Waals surface area contributed by atoms with Crippen molar-refractivity contribution in [2.24, 2.45) is 17.8 Å². The third-order valence-electron chi connectivity index (χ3n) is 6.39. The Morgan fingerprint density at radius 1 is 1.23 bits per heavy atom. The molecule has 0 saturated heterocycles. The number of ether oxygens (including phenoxy) is 1. The lowest BCUT2D eigenvalue weighted by atomic mass is 9.81. The summed E-state index contributed by atoms with van der Waals surface area (Å²) in [4.78, 5) is 16.1. The Bertz CT molecular complexity index is 824. The van der Waals surface area contributed by atoms with Gasteiger partial charge >= 0.3 is 5.97 Å². The van der Waals surface area contributed by atoms with E-state index in [1.165, 1.54) is 12.0 Å². The minimum absolute atomic E-state index is 0.177. The van der Waals surface area contributed by atoms with Crippen LogP contribution in [0.15, 0.2) is 28.7 Å². The summed E-state index contributed by atoms with van der Waals surface area (Å²) in [6.07, 6.45) is 6.32. The number of oxazole rings is 1. The summed E-state index contributed by atoms with van der Waals surface area (Å²) in [6, 6.07) is 8.17. The first-order valence-corrected chi connectivity index (χ1v) is 11.2. The largest absolute Gasteiger partial charge is 0.481 e. The average Bonchev–Trinajstić information content (AvgIpc) is 3.07. The van der Waals surface area contributed by atoms with E-state index in [1.807, 2.05) is 32.9 Å². The SMILES string of the molecule is Cc1ccc(-c2nc(CO[C@@H]3CCC[C@H](CCC(C(=O)O)C(C)C)C3)c(C)o2)cc1. The van der Waals surface area contributed by atoms with Crippen molar-refractivity contribution in [1.29, 1.82) is 0 Å². The van der Waals surface area contributed by atoms with Crippen LogP contribution in [0.1, 0.15) is 69.4 Å². The number of carboxylic acid groups (broad SMARTS) is 1. The van der Waals surface area contributed by atoms with Crippen LogP contribution in [0.2, 0.25) is 0 Å². The van der Waals surface area contributed by atoms with Gasteiger partial charge in [-0.1, -0.05) is 44.4 Å². The molecular formula is C25H35NO4. The van der Waals surface area contributed by atoms with Gasteiger partial charge in [-0.2, -0.15) is 0 Å². The summed E-state index contributed by atoms with van der Waals surface area (Å²) in [6.45, 7) is 8.45. The van der Waals surface area contributed by atoms with E-state index in [0.717, 1.165) is 49.1 Å². The molecule has 0 amide bonds. The molecule has 1 aliphatic carbocycles. The van der Waals surface area contributed by atoms with Crippen molar-refractivity contribution < 1.29 is 19.1 Å². The third kappa shape index (κ3) is 5.94. The van der Waals surface area contributed by atoms with Crippen LogP contribution >= 0.6 is 0 Å². The van der Waals surface area contributed by atoms with Gasteiger partial charge in [-0.3, -0.25) is 4.79 Å². The number of hydrogen-bond acceptors (Lipinski definition) is 4. The van der Waals surface area contributed by atoms with Crippen LogP contribution in [0, 0.1) is 31.6 Å². The first-order chi connectivity index (χ1) is 14.3. The lowest BCUT2D eigenvalue weighted by Crippen LogP contribution is -2.25. The predicted molar refractivity (Wildman–Crippen MR) is 117 cm³/mol. The van der Waals surface area contributed by atoms with Gasteiger partial charge in [0, 0.05) is 5.56 Å². The van der Waals surface area contributed by atoms with Crippen LogP contribution in [0.4, 0.5) is 0 Å². The van der Waals surface area contributed by atoms with Crippen LogP contribution in [0.25, 0.3) is 11.5 Å². The molecule has 3 rings (SSSR count). The molecule has 1 heterocycles. The molecule has 1 unspecified atom stereocenters. The van der Waals surface area contributed by atoms with Gasteiger partial charge in [-0.25, -0.2) is 4.98 Å². The molecule has 1 aromatic heterocycles. The van der Waals surface area contributed by atoms with Gasteiger partial charge in [-0.15, -0.1) is 0 Å². The Morgan fingerprint density at radius 3 is 2.63 bits per heavy atom. The maximum atomic E-state index is 11.4. The van der Waals surface area contributed by atoms with Crippen LogP contribution in [0.5, 0.6) is 0 Å². The van der Waals surface area contributed by atoms with E-state index in [9.17, 15) is 9.90 Å². The molecule has 5 nitrogen and oxygen atoms in total. The minimum atomic E-state index is -0.667. The molecular weight excluding hydrogens is 378 g/mol. The van der Waals surface area contributed by atoms with Crippen molar-refractivity contribution in [3.8, 4) is 11.5 Å². The van der Waals surface area contributed by atoms with E-state index in [-0.39, 0.29) is 17.9 Å². The van der Waals surface area contributed by atoms with E-state index in [2.05, 4.69) is 24.0 Å². The number of carbonyl (C=O) groups is 1. The van der Waals surface area contributed by atoms with Gasteiger partial charge in [0.15, 0.2) is 0 Å². The third-order valence-corrected chi connectivity index (χ3v) is 6.39. The standard InChI is InChI=1S/C25H35NO4/c1-16(2)22(25(27)28)13-10-19-6-5-7-21(14-19)29-15-23-18(4)30-24(26-23)20-11-8-17(3)9-12-20/h8-9,11-12,16,19,21-22H,5-7,10,13-15H2,1-4H3,(H,27,28)/t19-,21-,22?/m1/s1. The second kappa shape index (κ2) is 10.3. The van der Waals surface area contributed by atoms with E-state index < -0.39 is 5.97 Å². The second-order valence-corrected chi connectivity index (χ2v) is 9.12. The fraction of sp³-hybridized carbons (Fsp3) is 0.600. The fourth-order valence-corrected chi connectivity index (χ4v) is 4.39. The van der Waals surface area contributed by atoms with Crippen LogP contribution < -0.4 is 0 Å². The molecule has 3 atom stereocenters. The topological polar surface area (TPSA) is 72.6 Å². The zero-order valence-corrected chi connectivity index (χ0v) is 18.7. The van der Waals surface area contributed by atoms with Gasteiger partial charge in [0.2, 0.25) is 5.89 Å². The van der Waals surface area contributed by atoms with Crippen molar-refractivity contribution in [2.45, 2.75) is 78.9 Å². The molecule has 0 bridgehead atoms. The van der Waals surface area contributed by atoms with Crippen molar-refractivity contribution in [3.63, 3.8) is 0 Å². The number of hydrogen-bond donors (Lipinski definition) is 1. The lowest BCUT2D eigenvalue weighted by molar-refractivity contribution is -0.143. The molecule has 1 saturated carbocycles. The summed E-state index contributed by atoms with van der Waals surface area (Å²) in [5.41, 5.74) is 3.05. The van der Waals surface area contributed by atoms with E-state index in [4.69, 9.17) is 9.15 Å². The quantitative estimate of drug-likeness (QED) is 0.532. The molecule has 1 aromatic carbocycles. The van der Waals surface area contributed by atoms with Gasteiger partial charge in [0.1, 0.15) is 11.5 Å². The lowest BCUT2D eigenvalue weighted by Gasteiger charge is -2.30. The van der Waals surface area contributed by atoms with Crippen LogP contribution in [-0.4, -0.2) is 22.2 Å². The molecule has 0 radical (unpaired) electrons. The maximum Gasteiger partial charge on any atom is 0.306 e. The smallest absolute Gasteiger partial charge is 0.306 e. The number of carboxylic acids is 1. The predicted octanol–water partition coefficient (Wildman–Crippen LogP) is 6.17. The molecule has 0 aliphatic heterocycles. The molecule has 164 valence electrons. The highest BCUT2D eigenvalue weighted by atomic mass is 16.5. The van der Waals surface area contributed by atoms with Crippen LogP contribution in [-0.2, 0) is 16.1 Å². The highest BCUT2D eigenvalue weighted by molar-refractivity contribution is 5.70. The summed E-state index contributed by atoms with van der Waals surface area (Å²) in [5, 5.41) is 9.42. The Morgan fingerprint density at radius 2 is 1.97 bits per heavy atom. The Kier molecular flexibility index (Phi) is 7.70. The number of rotatable bonds is 9. The number of aryl methyl sites for hydroxylation is 2. The van der Waals surface area contributed by atoms with E-state index in [0.29, 0.717) is 18.4 Å². The monoisotopic (exact) mass is 413 g/mol. The summed E-state index contributed by atoms with van der Waals surface area (Å²) < 4.78 is 12.1. The number of aliphatic carboxylic acids is 1. The first-order valence-electron chi connectivity index (χ1n) is 11.2. The average molecular weight is 414 g/mol. The number of nitrogens with zero attached hydrogens (tertiary/aromatic N) is 1. The number of aromatic nitrogens is 1. The summed E-state index contributed by atoms with van der Waals surface area (Å²) in [7, 11) is 0. The normalized spacial score (nSPS) is 20.4. The first kappa shape index (κ1) is 22.5. The van der Waals surface area contributed by atoms with Crippen molar-refractivity contribution in [3.05, 3.63) is 41.3 Å². The van der Waals surface area contributed by atoms with Crippen LogP contribution in [0.3, 0.4) is 0 Å². The van der Waals surface area contributed by atoms with Gasteiger partial charge < -0.3 is 14.3 Å². The van der Waals surface area contributed by atoms with Crippen molar-refractivity contribution >= 4 is 5.97 Å². The Balaban J connectivity index is 1.52. The molecule has 1 fully saturated rings.